The molecule has 1 heterocycles. The summed E-state index contributed by atoms with van der Waals surface area (Å²) >= 11 is 0. The van der Waals surface area contributed by atoms with Gasteiger partial charge in [0.15, 0.2) is 0 Å². The second-order valence-electron chi connectivity index (χ2n) is 5.92. The number of hydrogen-bond donors (Lipinski definition) is 1. The highest BCUT2D eigenvalue weighted by atomic mass is 16.2. The minimum atomic E-state index is -0.256. The number of nitrogens with one attached hydrogen (secondary N) is 1. The fourth-order valence-corrected chi connectivity index (χ4v) is 2.03. The Balaban J connectivity index is 1.88. The highest BCUT2D eigenvalue weighted by molar-refractivity contribution is 5.85. The van der Waals surface area contributed by atoms with E-state index in [0.29, 0.717) is 19.1 Å². The van der Waals surface area contributed by atoms with E-state index >= 15 is 0 Å². The Labute approximate surface area is 102 Å². The predicted octanol–water partition coefficient (Wildman–Crippen LogP) is 0.801. The van der Waals surface area contributed by atoms with E-state index in [4.69, 9.17) is 0 Å². The molecule has 0 aromatic rings. The van der Waals surface area contributed by atoms with Gasteiger partial charge in [-0.05, 0) is 33.6 Å². The molecule has 3 amide bonds. The Kier molecular flexibility index (Phi) is 3.02. The molecule has 17 heavy (non-hydrogen) atoms. The van der Waals surface area contributed by atoms with Crippen molar-refractivity contribution < 1.29 is 9.59 Å². The first-order chi connectivity index (χ1) is 7.87. The second kappa shape index (κ2) is 4.20. The number of hydrogen-bond acceptors (Lipinski definition) is 2. The quantitative estimate of drug-likeness (QED) is 0.736. The highest BCUT2D eigenvalue weighted by Crippen LogP contribution is 2.28. The molecule has 1 aliphatic heterocycles. The molecule has 0 atom stereocenters. The van der Waals surface area contributed by atoms with E-state index in [2.05, 4.69) is 5.32 Å². The third kappa shape index (κ3) is 3.11. The van der Waals surface area contributed by atoms with Gasteiger partial charge in [0.2, 0.25) is 5.91 Å². The van der Waals surface area contributed by atoms with E-state index < -0.39 is 0 Å². The van der Waals surface area contributed by atoms with Gasteiger partial charge in [0.1, 0.15) is 6.54 Å². The van der Waals surface area contributed by atoms with E-state index in [1.807, 2.05) is 25.7 Å². The summed E-state index contributed by atoms with van der Waals surface area (Å²) in [7, 11) is 0. The molecule has 0 aromatic heterocycles. The molecule has 1 N–H and O–H groups in total. The van der Waals surface area contributed by atoms with Crippen molar-refractivity contribution in [3.05, 3.63) is 0 Å². The van der Waals surface area contributed by atoms with Crippen LogP contribution < -0.4 is 5.32 Å². The molecule has 96 valence electrons. The van der Waals surface area contributed by atoms with Gasteiger partial charge in [0, 0.05) is 24.7 Å². The number of carbonyl (C=O) groups is 2. The molecule has 1 aliphatic carbocycles. The van der Waals surface area contributed by atoms with Crippen LogP contribution in [0.4, 0.5) is 4.79 Å². The Morgan fingerprint density at radius 3 is 2.41 bits per heavy atom. The predicted molar refractivity (Wildman–Crippen MR) is 64.6 cm³/mol. The number of urea groups is 1. The van der Waals surface area contributed by atoms with E-state index in [0.717, 1.165) is 12.8 Å². The standard InChI is InChI=1S/C12H21N3O2/c1-12(2,3)13-11(17)14-6-7-15(9-4-5-9)10(16)8-14/h9H,4-8H2,1-3H3,(H,13,17). The average molecular weight is 239 g/mol. The molecule has 2 aliphatic rings. The number of nitrogens with zero attached hydrogens (tertiary/aromatic N) is 2. The maximum Gasteiger partial charge on any atom is 0.318 e. The topological polar surface area (TPSA) is 52.7 Å². The van der Waals surface area contributed by atoms with Gasteiger partial charge in [0.25, 0.3) is 0 Å². The van der Waals surface area contributed by atoms with Crippen LogP contribution in [-0.4, -0.2) is 53.0 Å². The van der Waals surface area contributed by atoms with Gasteiger partial charge in [0.05, 0.1) is 0 Å². The molecular formula is C12H21N3O2. The lowest BCUT2D eigenvalue weighted by molar-refractivity contribution is -0.135. The molecule has 0 unspecified atom stereocenters. The van der Waals surface area contributed by atoms with E-state index in [9.17, 15) is 9.59 Å². The summed E-state index contributed by atoms with van der Waals surface area (Å²) < 4.78 is 0. The van der Waals surface area contributed by atoms with Crippen LogP contribution in [0.5, 0.6) is 0 Å². The third-order valence-corrected chi connectivity index (χ3v) is 3.01. The molecule has 0 radical (unpaired) electrons. The number of piperazine rings is 1. The lowest BCUT2D eigenvalue weighted by Gasteiger charge is -2.36. The van der Waals surface area contributed by atoms with Crippen molar-refractivity contribution in [2.24, 2.45) is 0 Å². The van der Waals surface area contributed by atoms with Gasteiger partial charge < -0.3 is 15.1 Å². The largest absolute Gasteiger partial charge is 0.336 e. The Morgan fingerprint density at radius 2 is 1.94 bits per heavy atom. The summed E-state index contributed by atoms with van der Waals surface area (Å²) in [6.45, 7) is 7.36. The van der Waals surface area contributed by atoms with Crippen molar-refractivity contribution in [1.82, 2.24) is 15.1 Å². The molecule has 5 heteroatoms. The first-order valence-corrected chi connectivity index (χ1v) is 6.23. The summed E-state index contributed by atoms with van der Waals surface area (Å²) in [4.78, 5) is 27.3. The van der Waals surface area contributed by atoms with Crippen LogP contribution in [0, 0.1) is 0 Å². The molecule has 5 nitrogen and oxygen atoms in total. The van der Waals surface area contributed by atoms with E-state index in [-0.39, 0.29) is 24.0 Å². The van der Waals surface area contributed by atoms with Gasteiger partial charge in [-0.25, -0.2) is 4.79 Å². The van der Waals surface area contributed by atoms with Crippen LogP contribution >= 0.6 is 0 Å². The van der Waals surface area contributed by atoms with Crippen molar-refractivity contribution in [3.8, 4) is 0 Å². The zero-order chi connectivity index (χ0) is 12.6. The van der Waals surface area contributed by atoms with Crippen molar-refractivity contribution >= 4 is 11.9 Å². The first-order valence-electron chi connectivity index (χ1n) is 6.23. The van der Waals surface area contributed by atoms with Crippen LogP contribution in [0.3, 0.4) is 0 Å². The number of amides is 3. The molecule has 2 fully saturated rings. The normalized spacial score (nSPS) is 21.7. The van der Waals surface area contributed by atoms with Crippen molar-refractivity contribution in [1.29, 1.82) is 0 Å². The van der Waals surface area contributed by atoms with Crippen molar-refractivity contribution in [2.45, 2.75) is 45.2 Å². The summed E-state index contributed by atoms with van der Waals surface area (Å²) in [6.07, 6.45) is 2.25. The maximum absolute atomic E-state index is 11.9. The fourth-order valence-electron chi connectivity index (χ4n) is 2.03. The molecule has 2 rings (SSSR count). The number of rotatable bonds is 1. The third-order valence-electron chi connectivity index (χ3n) is 3.01. The smallest absolute Gasteiger partial charge is 0.318 e. The monoisotopic (exact) mass is 239 g/mol. The minimum Gasteiger partial charge on any atom is -0.336 e. The van der Waals surface area contributed by atoms with Gasteiger partial charge in [-0.15, -0.1) is 0 Å². The Morgan fingerprint density at radius 1 is 1.29 bits per heavy atom. The van der Waals surface area contributed by atoms with Crippen LogP contribution in [-0.2, 0) is 4.79 Å². The summed E-state index contributed by atoms with van der Waals surface area (Å²) in [5, 5.41) is 2.89. The fraction of sp³-hybridized carbons (Fsp3) is 0.833. The van der Waals surface area contributed by atoms with Gasteiger partial charge in [-0.3, -0.25) is 4.79 Å². The molecule has 0 bridgehead atoms. The van der Waals surface area contributed by atoms with Gasteiger partial charge >= 0.3 is 6.03 Å². The zero-order valence-electron chi connectivity index (χ0n) is 10.8. The molecular weight excluding hydrogens is 218 g/mol. The average Bonchev–Trinajstić information content (AvgIpc) is 2.98. The summed E-state index contributed by atoms with van der Waals surface area (Å²) in [5.74, 6) is 0.0859. The van der Waals surface area contributed by atoms with Crippen LogP contribution in [0.25, 0.3) is 0 Å². The summed E-state index contributed by atoms with van der Waals surface area (Å²) in [6, 6.07) is 0.316. The second-order valence-corrected chi connectivity index (χ2v) is 5.92. The number of carbonyl (C=O) groups excluding carboxylic acids is 2. The van der Waals surface area contributed by atoms with E-state index in [1.165, 1.54) is 0 Å². The van der Waals surface area contributed by atoms with E-state index in [1.54, 1.807) is 4.90 Å². The van der Waals surface area contributed by atoms with Gasteiger partial charge in [-0.1, -0.05) is 0 Å². The molecule has 0 aromatic carbocycles. The minimum absolute atomic E-state index is 0.0859. The Bertz CT molecular complexity index is 331. The summed E-state index contributed by atoms with van der Waals surface area (Å²) in [5.41, 5.74) is -0.256. The molecule has 1 saturated carbocycles. The maximum atomic E-state index is 11.9. The first kappa shape index (κ1) is 12.2. The van der Waals surface area contributed by atoms with Crippen molar-refractivity contribution in [2.75, 3.05) is 19.6 Å². The zero-order valence-corrected chi connectivity index (χ0v) is 10.8. The molecule has 0 spiro atoms. The lowest BCUT2D eigenvalue weighted by Crippen LogP contribution is -2.57. The van der Waals surface area contributed by atoms with Gasteiger partial charge in [-0.2, -0.15) is 0 Å². The lowest BCUT2D eigenvalue weighted by atomic mass is 10.1. The van der Waals surface area contributed by atoms with Crippen molar-refractivity contribution in [3.63, 3.8) is 0 Å². The van der Waals surface area contributed by atoms with Crippen LogP contribution in [0.2, 0.25) is 0 Å². The molecule has 1 saturated heterocycles. The van der Waals surface area contributed by atoms with Crippen LogP contribution in [0.15, 0.2) is 0 Å². The Hall–Kier alpha value is -1.26. The van der Waals surface area contributed by atoms with Crippen LogP contribution in [0.1, 0.15) is 33.6 Å². The highest BCUT2D eigenvalue weighted by Gasteiger charge is 2.37. The SMILES string of the molecule is CC(C)(C)NC(=O)N1CCN(C2CC2)C(=O)C1.